The summed E-state index contributed by atoms with van der Waals surface area (Å²) in [5.41, 5.74) is 6.94. The fourth-order valence-electron chi connectivity index (χ4n) is 1.42. The van der Waals surface area contributed by atoms with Crippen LogP contribution in [0.5, 0.6) is 5.75 Å². The van der Waals surface area contributed by atoms with Crippen molar-refractivity contribution in [3.05, 3.63) is 16.3 Å². The number of nitrogens with two attached hydrogens (primary N) is 1. The van der Waals surface area contributed by atoms with E-state index in [2.05, 4.69) is 10.8 Å². The molecule has 2 heterocycles. The Hall–Kier alpha value is -0.540. The Morgan fingerprint density at radius 2 is 2.55 bits per heavy atom. The van der Waals surface area contributed by atoms with Crippen LogP contribution in [-0.4, -0.2) is 13.2 Å². The molecule has 0 radical (unpaired) electrons. The average molecular weight is 169 g/mol. The number of ether oxygens (including phenoxy) is 1. The normalized spacial score (nSPS) is 22.5. The summed E-state index contributed by atoms with van der Waals surface area (Å²) in [7, 11) is 0. The third kappa shape index (κ3) is 1.14. The monoisotopic (exact) mass is 169 g/mol. The van der Waals surface area contributed by atoms with E-state index in [9.17, 15) is 0 Å². The third-order valence-electron chi connectivity index (χ3n) is 2.10. The Kier molecular flexibility index (Phi) is 1.84. The lowest BCUT2D eigenvalue weighted by Crippen LogP contribution is -2.19. The van der Waals surface area contributed by atoms with Crippen LogP contribution < -0.4 is 10.5 Å². The van der Waals surface area contributed by atoms with Gasteiger partial charge in [-0.05, 0) is 18.3 Å². The standard InChI is InChI=1S/C8H11NOS/c9-3-6-1-2-10-8-5-11-4-7(6)8/h4-6H,1-3,9H2. The summed E-state index contributed by atoms with van der Waals surface area (Å²) in [6.45, 7) is 1.57. The van der Waals surface area contributed by atoms with Crippen LogP contribution in [0.4, 0.5) is 0 Å². The first-order valence-corrected chi connectivity index (χ1v) is 4.75. The molecule has 0 aromatic carbocycles. The van der Waals surface area contributed by atoms with Gasteiger partial charge in [0.15, 0.2) is 0 Å². The van der Waals surface area contributed by atoms with Gasteiger partial charge in [0.25, 0.3) is 0 Å². The lowest BCUT2D eigenvalue weighted by molar-refractivity contribution is 0.271. The number of hydrogen-bond acceptors (Lipinski definition) is 3. The smallest absolute Gasteiger partial charge is 0.133 e. The SMILES string of the molecule is NCC1CCOc2cscc21. The number of hydrogen-bond donors (Lipinski definition) is 1. The average Bonchev–Trinajstić information content (AvgIpc) is 2.50. The maximum atomic E-state index is 5.63. The van der Waals surface area contributed by atoms with Gasteiger partial charge in [0.05, 0.1) is 6.61 Å². The molecule has 0 bridgehead atoms. The second kappa shape index (κ2) is 2.83. The Labute approximate surface area is 70.0 Å². The van der Waals surface area contributed by atoms with E-state index >= 15 is 0 Å². The zero-order chi connectivity index (χ0) is 7.68. The fourth-order valence-corrected chi connectivity index (χ4v) is 2.27. The highest BCUT2D eigenvalue weighted by atomic mass is 32.1. The van der Waals surface area contributed by atoms with Gasteiger partial charge in [-0.25, -0.2) is 0 Å². The number of rotatable bonds is 1. The molecule has 0 spiro atoms. The molecule has 2 rings (SSSR count). The van der Waals surface area contributed by atoms with E-state index in [-0.39, 0.29) is 0 Å². The van der Waals surface area contributed by atoms with E-state index in [0.29, 0.717) is 5.92 Å². The van der Waals surface area contributed by atoms with Crippen LogP contribution in [0.15, 0.2) is 10.8 Å². The van der Waals surface area contributed by atoms with Gasteiger partial charge in [0, 0.05) is 16.9 Å². The summed E-state index contributed by atoms with van der Waals surface area (Å²) in [6.07, 6.45) is 1.07. The Balaban J connectivity index is 2.32. The van der Waals surface area contributed by atoms with Crippen molar-refractivity contribution >= 4 is 11.3 Å². The summed E-state index contributed by atoms with van der Waals surface area (Å²) in [4.78, 5) is 0. The molecule has 11 heavy (non-hydrogen) atoms. The third-order valence-corrected chi connectivity index (χ3v) is 2.84. The molecule has 2 N–H and O–H groups in total. The summed E-state index contributed by atoms with van der Waals surface area (Å²) in [6, 6.07) is 0. The minimum Gasteiger partial charge on any atom is -0.492 e. The van der Waals surface area contributed by atoms with Crippen molar-refractivity contribution in [1.29, 1.82) is 0 Å². The number of thiophene rings is 1. The van der Waals surface area contributed by atoms with Gasteiger partial charge in [0.1, 0.15) is 5.75 Å². The van der Waals surface area contributed by atoms with Crippen LogP contribution in [0, 0.1) is 0 Å². The molecule has 60 valence electrons. The molecular formula is C8H11NOS. The fraction of sp³-hybridized carbons (Fsp3) is 0.500. The molecular weight excluding hydrogens is 158 g/mol. The van der Waals surface area contributed by atoms with Gasteiger partial charge in [-0.2, -0.15) is 0 Å². The molecule has 1 atom stereocenters. The predicted octanol–water partition coefficient (Wildman–Crippen LogP) is 1.57. The molecule has 0 saturated carbocycles. The molecule has 1 aromatic heterocycles. The summed E-state index contributed by atoms with van der Waals surface area (Å²) < 4.78 is 5.45. The van der Waals surface area contributed by atoms with Crippen molar-refractivity contribution in [2.24, 2.45) is 5.73 Å². The van der Waals surface area contributed by atoms with Gasteiger partial charge in [-0.3, -0.25) is 0 Å². The van der Waals surface area contributed by atoms with Crippen LogP contribution in [0.3, 0.4) is 0 Å². The Morgan fingerprint density at radius 1 is 1.64 bits per heavy atom. The zero-order valence-corrected chi connectivity index (χ0v) is 7.06. The second-order valence-corrected chi connectivity index (χ2v) is 3.50. The molecule has 2 nitrogen and oxygen atoms in total. The van der Waals surface area contributed by atoms with Gasteiger partial charge >= 0.3 is 0 Å². The summed E-state index contributed by atoms with van der Waals surface area (Å²) >= 11 is 1.69. The highest BCUT2D eigenvalue weighted by molar-refractivity contribution is 7.08. The van der Waals surface area contributed by atoms with E-state index < -0.39 is 0 Å². The van der Waals surface area contributed by atoms with Crippen molar-refractivity contribution < 1.29 is 4.74 Å². The lowest BCUT2D eigenvalue weighted by atomic mass is 9.97. The van der Waals surface area contributed by atoms with E-state index in [4.69, 9.17) is 10.5 Å². The van der Waals surface area contributed by atoms with Crippen LogP contribution in [-0.2, 0) is 0 Å². The van der Waals surface area contributed by atoms with Crippen LogP contribution in [0.1, 0.15) is 17.9 Å². The van der Waals surface area contributed by atoms with Gasteiger partial charge < -0.3 is 10.5 Å². The summed E-state index contributed by atoms with van der Waals surface area (Å²) in [5.74, 6) is 1.58. The Bertz CT molecular complexity index is 246. The van der Waals surface area contributed by atoms with Gasteiger partial charge in [0.2, 0.25) is 0 Å². The maximum Gasteiger partial charge on any atom is 0.133 e. The van der Waals surface area contributed by atoms with Crippen LogP contribution >= 0.6 is 11.3 Å². The molecule has 3 heteroatoms. The van der Waals surface area contributed by atoms with Crippen molar-refractivity contribution in [3.63, 3.8) is 0 Å². The van der Waals surface area contributed by atoms with Gasteiger partial charge in [-0.15, -0.1) is 11.3 Å². The van der Waals surface area contributed by atoms with E-state index in [1.165, 1.54) is 5.56 Å². The van der Waals surface area contributed by atoms with E-state index in [1.54, 1.807) is 11.3 Å². The lowest BCUT2D eigenvalue weighted by Gasteiger charge is -2.21. The summed E-state index contributed by atoms with van der Waals surface area (Å²) in [5, 5.41) is 4.20. The maximum absolute atomic E-state index is 5.63. The molecule has 0 amide bonds. The highest BCUT2D eigenvalue weighted by Crippen LogP contribution is 2.35. The molecule has 0 saturated heterocycles. The van der Waals surface area contributed by atoms with E-state index in [1.807, 2.05) is 0 Å². The molecule has 0 aliphatic carbocycles. The Morgan fingerprint density at radius 3 is 3.36 bits per heavy atom. The zero-order valence-electron chi connectivity index (χ0n) is 6.25. The molecule has 1 aliphatic rings. The van der Waals surface area contributed by atoms with Gasteiger partial charge in [-0.1, -0.05) is 0 Å². The van der Waals surface area contributed by atoms with Crippen molar-refractivity contribution in [2.45, 2.75) is 12.3 Å². The van der Waals surface area contributed by atoms with E-state index in [0.717, 1.165) is 25.3 Å². The minimum absolute atomic E-state index is 0.532. The van der Waals surface area contributed by atoms with Crippen LogP contribution in [0.25, 0.3) is 0 Å². The predicted molar refractivity (Wildman–Crippen MR) is 46.2 cm³/mol. The first kappa shape index (κ1) is 7.13. The molecule has 0 fully saturated rings. The second-order valence-electron chi connectivity index (χ2n) is 2.76. The minimum atomic E-state index is 0.532. The number of fused-ring (bicyclic) bond motifs is 1. The largest absolute Gasteiger partial charge is 0.492 e. The first-order valence-electron chi connectivity index (χ1n) is 3.80. The topological polar surface area (TPSA) is 35.2 Å². The molecule has 1 unspecified atom stereocenters. The quantitative estimate of drug-likeness (QED) is 0.692. The first-order chi connectivity index (χ1) is 5.42. The van der Waals surface area contributed by atoms with Crippen LogP contribution in [0.2, 0.25) is 0 Å². The van der Waals surface area contributed by atoms with Crippen molar-refractivity contribution in [1.82, 2.24) is 0 Å². The highest BCUT2D eigenvalue weighted by Gasteiger charge is 2.20. The van der Waals surface area contributed by atoms with Crippen molar-refractivity contribution in [3.8, 4) is 5.75 Å². The molecule has 1 aliphatic heterocycles. The van der Waals surface area contributed by atoms with Crippen molar-refractivity contribution in [2.75, 3.05) is 13.2 Å². The molecule has 1 aromatic rings.